The highest BCUT2D eigenvalue weighted by molar-refractivity contribution is 6.62. The Bertz CT molecular complexity index is 961. The Kier molecular flexibility index (Phi) is 4.24. The van der Waals surface area contributed by atoms with Crippen molar-refractivity contribution in [1.82, 2.24) is 4.90 Å². The van der Waals surface area contributed by atoms with Crippen molar-refractivity contribution in [3.8, 4) is 0 Å². The molecule has 3 aliphatic heterocycles. The maximum absolute atomic E-state index is 13.5. The molecule has 1 aromatic carbocycles. The number of carbonyl (C=O) groups is 1. The quantitative estimate of drug-likeness (QED) is 0.679. The van der Waals surface area contributed by atoms with Crippen molar-refractivity contribution in [2.24, 2.45) is 5.41 Å². The van der Waals surface area contributed by atoms with E-state index in [0.717, 1.165) is 29.6 Å². The first-order valence-corrected chi connectivity index (χ1v) is 12.5. The first-order valence-electron chi connectivity index (χ1n) is 12.5. The summed E-state index contributed by atoms with van der Waals surface area (Å²) in [6.45, 7) is 15.0. The van der Waals surface area contributed by atoms with Crippen LogP contribution in [0.4, 0.5) is 5.69 Å². The third-order valence-electron chi connectivity index (χ3n) is 9.63. The highest BCUT2D eigenvalue weighted by Crippen LogP contribution is 2.54. The lowest BCUT2D eigenvalue weighted by atomic mass is 9.76. The van der Waals surface area contributed by atoms with Gasteiger partial charge in [-0.25, -0.2) is 0 Å². The van der Waals surface area contributed by atoms with Gasteiger partial charge in [-0.3, -0.25) is 9.69 Å². The minimum absolute atomic E-state index is 0.238. The molecule has 6 rings (SSSR count). The molecule has 0 unspecified atom stereocenters. The molecule has 5 nitrogen and oxygen atoms in total. The van der Waals surface area contributed by atoms with E-state index in [-0.39, 0.29) is 17.1 Å². The van der Waals surface area contributed by atoms with Crippen LogP contribution in [-0.2, 0) is 19.5 Å². The van der Waals surface area contributed by atoms with Crippen LogP contribution in [0.2, 0.25) is 0 Å². The van der Waals surface area contributed by atoms with E-state index in [1.807, 2.05) is 0 Å². The molecule has 0 N–H and O–H groups in total. The van der Waals surface area contributed by atoms with E-state index < -0.39 is 12.5 Å². The minimum Gasteiger partial charge on any atom is -0.399 e. The molecular formula is C26H37BN2O3. The van der Waals surface area contributed by atoms with Crippen LogP contribution >= 0.6 is 0 Å². The fraction of sp³-hybridized carbons (Fsp3) is 0.731. The Morgan fingerprint density at radius 3 is 2.19 bits per heavy atom. The third-order valence-corrected chi connectivity index (χ3v) is 9.63. The summed E-state index contributed by atoms with van der Waals surface area (Å²) in [7, 11) is -0.403. The van der Waals surface area contributed by atoms with Gasteiger partial charge in [-0.15, -0.1) is 0 Å². The van der Waals surface area contributed by atoms with Crippen LogP contribution < -0.4 is 10.4 Å². The fourth-order valence-corrected chi connectivity index (χ4v) is 6.22. The van der Waals surface area contributed by atoms with E-state index in [1.165, 1.54) is 32.4 Å². The van der Waals surface area contributed by atoms with Crippen molar-refractivity contribution in [3.63, 3.8) is 0 Å². The van der Waals surface area contributed by atoms with Gasteiger partial charge in [-0.1, -0.05) is 12.1 Å². The third kappa shape index (κ3) is 2.91. The number of nitrogens with zero attached hydrogens (tertiary/aromatic N) is 2. The van der Waals surface area contributed by atoms with Gasteiger partial charge in [0.15, 0.2) is 0 Å². The average Bonchev–Trinajstić information content (AvgIpc) is 3.18. The van der Waals surface area contributed by atoms with Crippen LogP contribution in [0.15, 0.2) is 18.2 Å². The molecule has 0 bridgehead atoms. The molecule has 5 aliphatic rings. The zero-order chi connectivity index (χ0) is 22.7. The molecule has 4 fully saturated rings. The number of likely N-dealkylation sites (tertiary alicyclic amines) is 1. The van der Waals surface area contributed by atoms with E-state index in [1.54, 1.807) is 0 Å². The highest BCUT2D eigenvalue weighted by atomic mass is 16.7. The zero-order valence-electron chi connectivity index (χ0n) is 20.5. The molecular weight excluding hydrogens is 399 g/mol. The Balaban J connectivity index is 1.24. The Hall–Kier alpha value is -1.37. The lowest BCUT2D eigenvalue weighted by molar-refractivity contribution is -0.123. The standard InChI is InChI=1S/C26H37BN2O3/c1-23(2)20-8-7-17(27-31-24(3,4)25(5,6)32-27)13-21(20)29(22(23)30)19-14-18(15-19)28-12-11-26(16-28)9-10-26/h7-8,13,18-19H,9-12,14-16H2,1-6H3. The molecule has 2 saturated carbocycles. The van der Waals surface area contributed by atoms with Crippen molar-refractivity contribution in [2.75, 3.05) is 18.0 Å². The molecule has 1 aromatic rings. The van der Waals surface area contributed by atoms with Crippen molar-refractivity contribution in [3.05, 3.63) is 23.8 Å². The number of hydrogen-bond donors (Lipinski definition) is 0. The number of carbonyl (C=O) groups excluding carboxylic acids is 1. The summed E-state index contributed by atoms with van der Waals surface area (Å²) >= 11 is 0. The van der Waals surface area contributed by atoms with Gasteiger partial charge in [0, 0.05) is 24.3 Å². The van der Waals surface area contributed by atoms with Gasteiger partial charge < -0.3 is 14.2 Å². The van der Waals surface area contributed by atoms with Crippen LogP contribution in [0.3, 0.4) is 0 Å². The van der Waals surface area contributed by atoms with Crippen LogP contribution in [-0.4, -0.2) is 54.3 Å². The van der Waals surface area contributed by atoms with Gasteiger partial charge in [0.1, 0.15) is 0 Å². The van der Waals surface area contributed by atoms with Crippen molar-refractivity contribution in [2.45, 2.75) is 102 Å². The van der Waals surface area contributed by atoms with E-state index in [9.17, 15) is 4.79 Å². The molecule has 1 amide bonds. The van der Waals surface area contributed by atoms with Gasteiger partial charge in [0.05, 0.1) is 16.6 Å². The van der Waals surface area contributed by atoms with E-state index in [2.05, 4.69) is 69.5 Å². The van der Waals surface area contributed by atoms with Crippen LogP contribution in [0.5, 0.6) is 0 Å². The molecule has 172 valence electrons. The van der Waals surface area contributed by atoms with Crippen molar-refractivity contribution >= 4 is 24.2 Å². The maximum atomic E-state index is 13.5. The second kappa shape index (κ2) is 6.40. The number of hydrogen-bond acceptors (Lipinski definition) is 4. The topological polar surface area (TPSA) is 42.0 Å². The van der Waals surface area contributed by atoms with E-state index in [0.29, 0.717) is 17.5 Å². The van der Waals surface area contributed by atoms with Crippen LogP contribution in [0.25, 0.3) is 0 Å². The second-order valence-electron chi connectivity index (χ2n) is 12.7. The fourth-order valence-electron chi connectivity index (χ4n) is 6.22. The zero-order valence-corrected chi connectivity index (χ0v) is 20.5. The number of anilines is 1. The van der Waals surface area contributed by atoms with Crippen molar-refractivity contribution < 1.29 is 14.1 Å². The van der Waals surface area contributed by atoms with Gasteiger partial charge in [0.25, 0.3) is 0 Å². The molecule has 3 heterocycles. The summed E-state index contributed by atoms with van der Waals surface area (Å²) in [6.07, 6.45) is 6.42. The van der Waals surface area contributed by atoms with E-state index >= 15 is 0 Å². The largest absolute Gasteiger partial charge is 0.494 e. The molecule has 0 atom stereocenters. The summed E-state index contributed by atoms with van der Waals surface area (Å²) in [4.78, 5) is 18.4. The number of fused-ring (bicyclic) bond motifs is 1. The molecule has 0 radical (unpaired) electrons. The second-order valence-corrected chi connectivity index (χ2v) is 12.7. The summed E-state index contributed by atoms with van der Waals surface area (Å²) in [6, 6.07) is 7.32. The average molecular weight is 436 g/mol. The monoisotopic (exact) mass is 436 g/mol. The van der Waals surface area contributed by atoms with Crippen LogP contribution in [0.1, 0.15) is 79.2 Å². The molecule has 2 aliphatic carbocycles. The van der Waals surface area contributed by atoms with Gasteiger partial charge in [-0.05, 0) is 103 Å². The first-order chi connectivity index (χ1) is 14.9. The van der Waals surface area contributed by atoms with Crippen LogP contribution in [0, 0.1) is 5.41 Å². The molecule has 0 aromatic heterocycles. The molecule has 1 spiro atoms. The minimum atomic E-state index is -0.486. The Morgan fingerprint density at radius 2 is 1.59 bits per heavy atom. The first kappa shape index (κ1) is 21.2. The van der Waals surface area contributed by atoms with Crippen molar-refractivity contribution in [1.29, 1.82) is 0 Å². The van der Waals surface area contributed by atoms with Gasteiger partial charge in [0.2, 0.25) is 5.91 Å². The normalized spacial score (nSPS) is 33.6. The van der Waals surface area contributed by atoms with E-state index in [4.69, 9.17) is 9.31 Å². The summed E-state index contributed by atoms with van der Waals surface area (Å²) in [5.41, 5.74) is 2.63. The Labute approximate surface area is 193 Å². The highest BCUT2D eigenvalue weighted by Gasteiger charge is 2.55. The number of amides is 1. The lowest BCUT2D eigenvalue weighted by Crippen LogP contribution is -2.56. The summed E-state index contributed by atoms with van der Waals surface area (Å²) < 4.78 is 12.6. The maximum Gasteiger partial charge on any atom is 0.494 e. The summed E-state index contributed by atoms with van der Waals surface area (Å²) in [5, 5.41) is 0. The van der Waals surface area contributed by atoms with Gasteiger partial charge >= 0.3 is 7.12 Å². The predicted octanol–water partition coefficient (Wildman–Crippen LogP) is 3.63. The SMILES string of the molecule is CC1(C)C(=O)N(C2CC(N3CCC4(CC4)C3)C2)c2cc(B3OC(C)(C)C(C)(C)O3)ccc21. The predicted molar refractivity (Wildman–Crippen MR) is 127 cm³/mol. The molecule has 32 heavy (non-hydrogen) atoms. The smallest absolute Gasteiger partial charge is 0.399 e. The Morgan fingerprint density at radius 1 is 0.938 bits per heavy atom. The molecule has 2 saturated heterocycles. The number of rotatable bonds is 3. The summed E-state index contributed by atoms with van der Waals surface area (Å²) in [5.74, 6) is 0.238. The lowest BCUT2D eigenvalue weighted by Gasteiger charge is -2.46. The number of benzene rings is 1. The van der Waals surface area contributed by atoms with Gasteiger partial charge in [-0.2, -0.15) is 0 Å². The molecule has 6 heteroatoms.